The van der Waals surface area contributed by atoms with Crippen molar-refractivity contribution in [3.63, 3.8) is 0 Å². The molecule has 20 heavy (non-hydrogen) atoms. The zero-order valence-corrected chi connectivity index (χ0v) is 11.8. The van der Waals surface area contributed by atoms with Crippen LogP contribution in [0, 0.1) is 0 Å². The van der Waals surface area contributed by atoms with Crippen molar-refractivity contribution in [2.75, 3.05) is 12.8 Å². The van der Waals surface area contributed by atoms with E-state index in [-0.39, 0.29) is 11.9 Å². The first-order valence-electron chi connectivity index (χ1n) is 7.38. The first-order chi connectivity index (χ1) is 9.59. The quantitative estimate of drug-likeness (QED) is 0.775. The Morgan fingerprint density at radius 2 is 2.05 bits per heavy atom. The molecule has 2 atom stereocenters. The number of nitrogens with one attached hydrogen (secondary N) is 1. The highest BCUT2D eigenvalue weighted by Gasteiger charge is 2.34. The second kappa shape index (κ2) is 5.09. The van der Waals surface area contributed by atoms with Gasteiger partial charge in [0.1, 0.15) is 0 Å². The van der Waals surface area contributed by atoms with Crippen molar-refractivity contribution in [2.45, 2.75) is 56.6 Å². The summed E-state index contributed by atoms with van der Waals surface area (Å²) >= 11 is 0. The number of likely N-dealkylation sites (N-methyl/N-ethyl adjacent to an activating group) is 1. The van der Waals surface area contributed by atoms with E-state index in [1.807, 2.05) is 0 Å². The number of nitrogens with two attached hydrogens (primary N) is 1. The molecule has 6 heteroatoms. The maximum atomic E-state index is 12.5. The monoisotopic (exact) mass is 278 g/mol. The summed E-state index contributed by atoms with van der Waals surface area (Å²) in [6.07, 6.45) is 5.43. The van der Waals surface area contributed by atoms with Crippen molar-refractivity contribution < 1.29 is 9.90 Å². The minimum Gasteiger partial charge on any atom is -0.395 e. The van der Waals surface area contributed by atoms with E-state index in [1.165, 1.54) is 0 Å². The third-order valence-electron chi connectivity index (χ3n) is 4.53. The first-order valence-corrected chi connectivity index (χ1v) is 7.38. The highest BCUT2D eigenvalue weighted by atomic mass is 16.3. The molecular weight excluding hydrogens is 256 g/mol. The van der Waals surface area contributed by atoms with Gasteiger partial charge in [-0.2, -0.15) is 5.10 Å². The molecule has 110 valence electrons. The largest absolute Gasteiger partial charge is 0.395 e. The van der Waals surface area contributed by atoms with E-state index in [4.69, 9.17) is 5.73 Å². The number of hydrogen-bond acceptors (Lipinski definition) is 4. The van der Waals surface area contributed by atoms with Gasteiger partial charge in [0.25, 0.3) is 5.91 Å². The highest BCUT2D eigenvalue weighted by Crippen LogP contribution is 2.42. The van der Waals surface area contributed by atoms with E-state index >= 15 is 0 Å². The Hall–Kier alpha value is -1.56. The number of anilines is 1. The Morgan fingerprint density at radius 3 is 2.70 bits per heavy atom. The zero-order valence-electron chi connectivity index (χ0n) is 11.8. The summed E-state index contributed by atoms with van der Waals surface area (Å²) in [6, 6.07) is -0.128. The van der Waals surface area contributed by atoms with Gasteiger partial charge in [0.15, 0.2) is 5.69 Å². The number of nitrogens with zero attached hydrogens (tertiary/aromatic N) is 2. The third-order valence-corrected chi connectivity index (χ3v) is 4.53. The molecule has 0 radical (unpaired) electrons. The summed E-state index contributed by atoms with van der Waals surface area (Å²) in [5, 5.41) is 17.1. The maximum Gasteiger partial charge on any atom is 0.276 e. The smallest absolute Gasteiger partial charge is 0.276 e. The summed E-state index contributed by atoms with van der Waals surface area (Å²) < 4.78 is 0. The van der Waals surface area contributed by atoms with Gasteiger partial charge >= 0.3 is 0 Å². The molecule has 0 saturated heterocycles. The van der Waals surface area contributed by atoms with Gasteiger partial charge in [-0.1, -0.05) is 12.8 Å². The molecule has 2 aliphatic carbocycles. The van der Waals surface area contributed by atoms with Crippen LogP contribution in [0.2, 0.25) is 0 Å². The van der Waals surface area contributed by atoms with Gasteiger partial charge in [0, 0.05) is 13.0 Å². The van der Waals surface area contributed by atoms with Crippen molar-refractivity contribution in [2.24, 2.45) is 0 Å². The Labute approximate surface area is 118 Å². The zero-order chi connectivity index (χ0) is 14.3. The Balaban J connectivity index is 1.77. The molecule has 0 aliphatic heterocycles. The van der Waals surface area contributed by atoms with Crippen molar-refractivity contribution in [3.05, 3.63) is 11.4 Å². The fraction of sp³-hybridized carbons (Fsp3) is 0.714. The van der Waals surface area contributed by atoms with E-state index in [1.54, 1.807) is 11.9 Å². The van der Waals surface area contributed by atoms with Crippen LogP contribution < -0.4 is 5.73 Å². The Kier molecular flexibility index (Phi) is 3.41. The number of hydrogen-bond donors (Lipinski definition) is 3. The van der Waals surface area contributed by atoms with E-state index in [0.29, 0.717) is 17.3 Å². The topological polar surface area (TPSA) is 95.2 Å². The number of amides is 1. The third kappa shape index (κ3) is 2.28. The number of carbonyl (C=O) groups is 1. The number of H-pyrrole nitrogens is 1. The summed E-state index contributed by atoms with van der Waals surface area (Å²) in [6.45, 7) is 0. The summed E-state index contributed by atoms with van der Waals surface area (Å²) in [5.74, 6) is 0.242. The van der Waals surface area contributed by atoms with Gasteiger partial charge in [0.2, 0.25) is 0 Å². The molecule has 2 aliphatic rings. The number of aliphatic hydroxyl groups excluding tert-OH is 1. The molecule has 2 fully saturated rings. The van der Waals surface area contributed by atoms with Gasteiger partial charge < -0.3 is 15.7 Å². The molecule has 0 spiro atoms. The summed E-state index contributed by atoms with van der Waals surface area (Å²) in [7, 11) is 1.73. The molecule has 4 N–H and O–H groups in total. The minimum absolute atomic E-state index is 0.128. The number of rotatable bonds is 3. The van der Waals surface area contributed by atoms with Crippen LogP contribution in [-0.2, 0) is 0 Å². The fourth-order valence-corrected chi connectivity index (χ4v) is 3.07. The molecule has 0 aromatic carbocycles. The first kappa shape index (κ1) is 13.4. The molecule has 1 aromatic rings. The summed E-state index contributed by atoms with van der Waals surface area (Å²) in [4.78, 5) is 14.1. The van der Waals surface area contributed by atoms with E-state index < -0.39 is 6.10 Å². The highest BCUT2D eigenvalue weighted by molar-refractivity contribution is 5.97. The normalized spacial score (nSPS) is 26.5. The molecule has 1 aromatic heterocycles. The van der Waals surface area contributed by atoms with Gasteiger partial charge in [-0.05, 0) is 25.7 Å². The van der Waals surface area contributed by atoms with Crippen LogP contribution in [0.15, 0.2) is 0 Å². The average molecular weight is 278 g/mol. The number of carbonyl (C=O) groups excluding carboxylic acids is 1. The molecule has 1 amide bonds. The SMILES string of the molecule is CN(C(=O)c1n[nH]c(C2CC2)c1N)C1CCCCC1O. The molecule has 3 rings (SSSR count). The second-order valence-electron chi connectivity index (χ2n) is 6.01. The van der Waals surface area contributed by atoms with Crippen LogP contribution in [0.4, 0.5) is 5.69 Å². The van der Waals surface area contributed by atoms with Crippen LogP contribution >= 0.6 is 0 Å². The van der Waals surface area contributed by atoms with E-state index in [9.17, 15) is 9.90 Å². The minimum atomic E-state index is -0.444. The maximum absolute atomic E-state index is 12.5. The second-order valence-corrected chi connectivity index (χ2v) is 6.01. The lowest BCUT2D eigenvalue weighted by Crippen LogP contribution is -2.46. The molecule has 1 heterocycles. The van der Waals surface area contributed by atoms with E-state index in [0.717, 1.165) is 44.2 Å². The fourth-order valence-electron chi connectivity index (χ4n) is 3.07. The predicted molar refractivity (Wildman–Crippen MR) is 75.3 cm³/mol. The lowest BCUT2D eigenvalue weighted by atomic mass is 9.91. The van der Waals surface area contributed by atoms with Crippen molar-refractivity contribution >= 4 is 11.6 Å². The molecular formula is C14H22N4O2. The Morgan fingerprint density at radius 1 is 1.35 bits per heavy atom. The Bertz CT molecular complexity index is 509. The van der Waals surface area contributed by atoms with Crippen LogP contribution in [0.1, 0.15) is 60.6 Å². The average Bonchev–Trinajstić information content (AvgIpc) is 3.21. The lowest BCUT2D eigenvalue weighted by molar-refractivity contribution is 0.0265. The molecule has 0 bridgehead atoms. The molecule has 2 unspecified atom stereocenters. The van der Waals surface area contributed by atoms with Gasteiger partial charge in [-0.3, -0.25) is 9.89 Å². The predicted octanol–water partition coefficient (Wildman–Crippen LogP) is 1.24. The van der Waals surface area contributed by atoms with Crippen LogP contribution in [0.5, 0.6) is 0 Å². The number of aromatic amines is 1. The van der Waals surface area contributed by atoms with E-state index in [2.05, 4.69) is 10.2 Å². The number of aliphatic hydroxyl groups is 1. The van der Waals surface area contributed by atoms with Crippen LogP contribution in [0.25, 0.3) is 0 Å². The number of nitrogen functional groups attached to an aromatic ring is 1. The van der Waals surface area contributed by atoms with Crippen LogP contribution in [-0.4, -0.2) is 45.3 Å². The van der Waals surface area contributed by atoms with Crippen LogP contribution in [0.3, 0.4) is 0 Å². The van der Waals surface area contributed by atoms with Gasteiger partial charge in [-0.15, -0.1) is 0 Å². The standard InChI is InChI=1S/C14H22N4O2/c1-18(9-4-2-3-5-10(9)19)14(20)13-11(15)12(16-17-13)8-6-7-8/h8-10,19H,2-7,15H2,1H3,(H,16,17). The number of aromatic nitrogens is 2. The lowest BCUT2D eigenvalue weighted by Gasteiger charge is -2.34. The van der Waals surface area contributed by atoms with Gasteiger partial charge in [-0.25, -0.2) is 0 Å². The summed E-state index contributed by atoms with van der Waals surface area (Å²) in [5.41, 5.74) is 7.72. The molecule has 6 nitrogen and oxygen atoms in total. The van der Waals surface area contributed by atoms with Gasteiger partial charge in [0.05, 0.1) is 23.5 Å². The molecule has 2 saturated carbocycles. The van der Waals surface area contributed by atoms with Crippen molar-refractivity contribution in [3.8, 4) is 0 Å². The van der Waals surface area contributed by atoms with Crippen molar-refractivity contribution in [1.29, 1.82) is 0 Å². The van der Waals surface area contributed by atoms with Crippen molar-refractivity contribution in [1.82, 2.24) is 15.1 Å².